The molecule has 2 rings (SSSR count). The number of rotatable bonds is 3. The molecule has 24 heavy (non-hydrogen) atoms. The summed E-state index contributed by atoms with van der Waals surface area (Å²) < 4.78 is 58.4. The number of nitrogens with zero attached hydrogens (tertiary/aromatic N) is 1. The number of halogens is 3. The first kappa shape index (κ1) is 20.1. The Morgan fingerprint density at radius 3 is 1.67 bits per heavy atom. The van der Waals surface area contributed by atoms with Gasteiger partial charge in [-0.25, -0.2) is 0 Å². The lowest BCUT2D eigenvalue weighted by Crippen LogP contribution is -2.39. The fourth-order valence-electron chi connectivity index (χ4n) is 1.96. The first-order valence-corrected chi connectivity index (χ1v) is 8.34. The zero-order valence-corrected chi connectivity index (χ0v) is 14.1. The lowest BCUT2D eigenvalue weighted by Gasteiger charge is -2.29. The van der Waals surface area contributed by atoms with Gasteiger partial charge in [-0.05, 0) is 12.1 Å². The third-order valence-corrected chi connectivity index (χ3v) is 3.75. The Morgan fingerprint density at radius 2 is 1.29 bits per heavy atom. The maximum atomic E-state index is 10.7. The Labute approximate surface area is 139 Å². The molecule has 2 aromatic carbocycles. The van der Waals surface area contributed by atoms with Gasteiger partial charge in [-0.1, -0.05) is 48.5 Å². The number of quaternary nitrogens is 1. The molecule has 0 saturated carbocycles. The lowest BCUT2D eigenvalue weighted by atomic mass is 10.2. The molecule has 0 fully saturated rings. The standard InChI is InChI=1S/C15H18N.CHF3O3S/c1-16(2,15-11-7-4-8-12-15)13-14-9-5-3-6-10-14;2-1(3,4)8(5,6)7/h3-12H,13H2,1-2H3;(H,5,6,7)/q+1;. The van der Waals surface area contributed by atoms with E-state index in [0.29, 0.717) is 0 Å². The highest BCUT2D eigenvalue weighted by Crippen LogP contribution is 2.21. The Morgan fingerprint density at radius 1 is 0.917 bits per heavy atom. The van der Waals surface area contributed by atoms with Crippen molar-refractivity contribution >= 4 is 15.8 Å². The first-order valence-electron chi connectivity index (χ1n) is 6.90. The van der Waals surface area contributed by atoms with Crippen LogP contribution in [0.15, 0.2) is 60.7 Å². The largest absolute Gasteiger partial charge is 0.522 e. The van der Waals surface area contributed by atoms with Gasteiger partial charge in [-0.3, -0.25) is 9.04 Å². The van der Waals surface area contributed by atoms with Gasteiger partial charge in [0.1, 0.15) is 12.2 Å². The average molecular weight is 362 g/mol. The molecule has 0 atom stereocenters. The highest BCUT2D eigenvalue weighted by atomic mass is 32.2. The van der Waals surface area contributed by atoms with Gasteiger partial charge in [0, 0.05) is 5.56 Å². The molecular weight excluding hydrogens is 343 g/mol. The topological polar surface area (TPSA) is 54.4 Å². The fraction of sp³-hybridized carbons (Fsp3) is 0.250. The van der Waals surface area contributed by atoms with Crippen molar-refractivity contribution in [3.05, 3.63) is 66.2 Å². The van der Waals surface area contributed by atoms with Crippen LogP contribution < -0.4 is 4.48 Å². The molecule has 8 heteroatoms. The lowest BCUT2D eigenvalue weighted by molar-refractivity contribution is -0.0510. The monoisotopic (exact) mass is 362 g/mol. The Hall–Kier alpha value is -1.90. The van der Waals surface area contributed by atoms with Crippen LogP contribution in [0.2, 0.25) is 0 Å². The van der Waals surface area contributed by atoms with Crippen LogP contribution in [-0.2, 0) is 16.7 Å². The molecule has 0 saturated heterocycles. The van der Waals surface area contributed by atoms with Crippen LogP contribution in [0, 0.1) is 0 Å². The Bertz CT molecular complexity index is 730. The number of benzene rings is 2. The van der Waals surface area contributed by atoms with Crippen LogP contribution in [0.25, 0.3) is 0 Å². The van der Waals surface area contributed by atoms with Crippen molar-refractivity contribution in [2.24, 2.45) is 0 Å². The molecule has 2 aromatic rings. The molecule has 0 bridgehead atoms. The number of alkyl halides is 3. The summed E-state index contributed by atoms with van der Waals surface area (Å²) in [6.45, 7) is 1.02. The molecule has 0 aliphatic carbocycles. The van der Waals surface area contributed by atoms with E-state index in [-0.39, 0.29) is 0 Å². The molecule has 132 valence electrons. The van der Waals surface area contributed by atoms with Gasteiger partial charge in [0.25, 0.3) is 0 Å². The summed E-state index contributed by atoms with van der Waals surface area (Å²) in [5.41, 5.74) is -2.82. The summed E-state index contributed by atoms with van der Waals surface area (Å²) in [4.78, 5) is 0. The van der Waals surface area contributed by atoms with Crippen molar-refractivity contribution in [1.29, 1.82) is 0 Å². The maximum absolute atomic E-state index is 10.7. The van der Waals surface area contributed by atoms with Crippen LogP contribution in [0.3, 0.4) is 0 Å². The van der Waals surface area contributed by atoms with E-state index in [1.807, 2.05) is 0 Å². The van der Waals surface area contributed by atoms with E-state index in [4.69, 9.17) is 13.0 Å². The van der Waals surface area contributed by atoms with E-state index in [1.165, 1.54) is 11.3 Å². The van der Waals surface area contributed by atoms with Crippen molar-refractivity contribution in [1.82, 2.24) is 4.48 Å². The third-order valence-electron chi connectivity index (χ3n) is 3.17. The number of hydrogen-bond acceptors (Lipinski definition) is 2. The summed E-state index contributed by atoms with van der Waals surface area (Å²) in [6, 6.07) is 21.2. The second kappa shape index (κ2) is 7.78. The van der Waals surface area contributed by atoms with Crippen LogP contribution in [0.5, 0.6) is 0 Å². The maximum Gasteiger partial charge on any atom is 0.522 e. The van der Waals surface area contributed by atoms with Crippen molar-refractivity contribution in [2.45, 2.75) is 12.1 Å². The molecule has 4 nitrogen and oxygen atoms in total. The van der Waals surface area contributed by atoms with Crippen LogP contribution in [0.1, 0.15) is 5.56 Å². The van der Waals surface area contributed by atoms with Gasteiger partial charge in [0.15, 0.2) is 0 Å². The quantitative estimate of drug-likeness (QED) is 0.513. The fourth-order valence-corrected chi connectivity index (χ4v) is 1.96. The predicted octanol–water partition coefficient (Wildman–Crippen LogP) is 3.85. The highest BCUT2D eigenvalue weighted by Gasteiger charge is 2.44. The van der Waals surface area contributed by atoms with Crippen molar-refractivity contribution < 1.29 is 26.1 Å². The molecule has 0 spiro atoms. The van der Waals surface area contributed by atoms with E-state index >= 15 is 0 Å². The van der Waals surface area contributed by atoms with E-state index in [2.05, 4.69) is 74.8 Å². The van der Waals surface area contributed by atoms with Crippen molar-refractivity contribution in [2.75, 3.05) is 14.1 Å². The molecule has 0 aliphatic heterocycles. The third kappa shape index (κ3) is 6.31. The molecule has 1 N–H and O–H groups in total. The van der Waals surface area contributed by atoms with Gasteiger partial charge in [0.2, 0.25) is 0 Å². The zero-order valence-electron chi connectivity index (χ0n) is 13.2. The highest BCUT2D eigenvalue weighted by molar-refractivity contribution is 7.86. The first-order chi connectivity index (χ1) is 10.9. The van der Waals surface area contributed by atoms with Crippen molar-refractivity contribution in [3.63, 3.8) is 0 Å². The molecule has 0 unspecified atom stereocenters. The summed E-state index contributed by atoms with van der Waals surface area (Å²) >= 11 is 0. The average Bonchev–Trinajstić information content (AvgIpc) is 2.47. The molecular formula is C16H19F3NO3S+. The van der Waals surface area contributed by atoms with Gasteiger partial charge in [-0.2, -0.15) is 21.6 Å². The summed E-state index contributed by atoms with van der Waals surface area (Å²) in [7, 11) is -1.36. The Kier molecular flexibility index (Phi) is 6.53. The molecule has 0 amide bonds. The van der Waals surface area contributed by atoms with E-state index in [9.17, 15) is 13.2 Å². The molecule has 0 aromatic heterocycles. The van der Waals surface area contributed by atoms with Gasteiger partial charge < -0.3 is 0 Å². The minimum atomic E-state index is -5.84. The second-order valence-corrected chi connectivity index (χ2v) is 7.00. The van der Waals surface area contributed by atoms with E-state index in [0.717, 1.165) is 11.0 Å². The van der Waals surface area contributed by atoms with Gasteiger partial charge >= 0.3 is 15.6 Å². The molecule has 0 aliphatic rings. The summed E-state index contributed by atoms with van der Waals surface area (Å²) in [5, 5.41) is 0. The van der Waals surface area contributed by atoms with Crippen LogP contribution in [-0.4, -0.2) is 32.6 Å². The zero-order chi connectivity index (χ0) is 18.4. The minimum absolute atomic E-state index is 0.880. The normalized spacial score (nSPS) is 12.2. The number of para-hydroxylation sites is 1. The van der Waals surface area contributed by atoms with Gasteiger partial charge in [0.05, 0.1) is 14.1 Å². The SMILES string of the molecule is C[N+](C)(Cc1ccccc1)c1ccccc1.O=S(=O)(O)C(F)(F)F. The van der Waals surface area contributed by atoms with E-state index < -0.39 is 15.6 Å². The molecule has 0 heterocycles. The summed E-state index contributed by atoms with van der Waals surface area (Å²) in [5.74, 6) is 0. The van der Waals surface area contributed by atoms with Crippen LogP contribution in [0.4, 0.5) is 18.9 Å². The second-order valence-electron chi connectivity index (χ2n) is 5.59. The minimum Gasteiger partial charge on any atom is -0.292 e. The summed E-state index contributed by atoms with van der Waals surface area (Å²) in [6.07, 6.45) is 0. The number of hydrogen-bond donors (Lipinski definition) is 1. The molecule has 0 radical (unpaired) electrons. The van der Waals surface area contributed by atoms with Crippen LogP contribution >= 0.6 is 0 Å². The van der Waals surface area contributed by atoms with Gasteiger partial charge in [-0.15, -0.1) is 0 Å². The smallest absolute Gasteiger partial charge is 0.292 e. The van der Waals surface area contributed by atoms with Crippen molar-refractivity contribution in [3.8, 4) is 0 Å². The predicted molar refractivity (Wildman–Crippen MR) is 87.8 cm³/mol. The van der Waals surface area contributed by atoms with E-state index in [1.54, 1.807) is 0 Å². The Balaban J connectivity index is 0.000000307.